The predicted octanol–water partition coefficient (Wildman–Crippen LogP) is 3.05. The molecule has 0 fully saturated rings. The lowest BCUT2D eigenvalue weighted by Gasteiger charge is -2.09. The largest absolute Gasteiger partial charge is 0.354 e. The highest BCUT2D eigenvalue weighted by Crippen LogP contribution is 2.18. The van der Waals surface area contributed by atoms with Crippen LogP contribution in [0.1, 0.15) is 50.4 Å². The number of carbonyl (C=O) groups excluding carboxylic acids is 2. The summed E-state index contributed by atoms with van der Waals surface area (Å²) in [5.41, 5.74) is 3.67. The number of carbonyl (C=O) groups is 2. The fourth-order valence-electron chi connectivity index (χ4n) is 3.37. The zero-order valence-corrected chi connectivity index (χ0v) is 15.9. The summed E-state index contributed by atoms with van der Waals surface area (Å²) >= 11 is 0. The molecule has 0 radical (unpaired) electrons. The summed E-state index contributed by atoms with van der Waals surface area (Å²) in [6.45, 7) is 6.33. The number of Topliss-reactive ketones (excluding diaryl/α,β-unsaturated/α-hetero) is 1. The van der Waals surface area contributed by atoms with Gasteiger partial charge in [-0.1, -0.05) is 30.3 Å². The van der Waals surface area contributed by atoms with Crippen molar-refractivity contribution in [3.05, 3.63) is 76.6 Å². The molecule has 1 amide bonds. The Morgan fingerprint density at radius 3 is 2.59 bits per heavy atom. The number of aromatic nitrogens is 3. The van der Waals surface area contributed by atoms with Crippen molar-refractivity contribution < 1.29 is 9.59 Å². The minimum atomic E-state index is -0.204. The van der Waals surface area contributed by atoms with E-state index in [0.29, 0.717) is 29.8 Å². The van der Waals surface area contributed by atoms with Gasteiger partial charge < -0.3 is 14.9 Å². The summed E-state index contributed by atoms with van der Waals surface area (Å²) in [4.78, 5) is 31.6. The second-order valence-electron chi connectivity index (χ2n) is 6.64. The molecule has 0 aliphatic heterocycles. The van der Waals surface area contributed by atoms with Crippen LogP contribution in [0.25, 0.3) is 0 Å². The first kappa shape index (κ1) is 18.6. The Labute approximate surface area is 158 Å². The first-order valence-electron chi connectivity index (χ1n) is 8.99. The zero-order chi connectivity index (χ0) is 19.4. The summed E-state index contributed by atoms with van der Waals surface area (Å²) < 4.78 is 2.08. The van der Waals surface area contributed by atoms with Gasteiger partial charge in [0.05, 0.1) is 0 Å². The molecule has 0 atom stereocenters. The third-order valence-electron chi connectivity index (χ3n) is 4.65. The SMILES string of the molecule is CC(=O)c1c(C)[nH]c(C(=O)NCCc2nccn2Cc2ccccc2)c1C. The van der Waals surface area contributed by atoms with Crippen molar-refractivity contribution in [3.63, 3.8) is 0 Å². The lowest BCUT2D eigenvalue weighted by Crippen LogP contribution is -2.27. The molecule has 0 bridgehead atoms. The minimum absolute atomic E-state index is 0.0387. The quantitative estimate of drug-likeness (QED) is 0.633. The number of rotatable bonds is 7. The number of benzene rings is 1. The molecule has 3 rings (SSSR count). The minimum Gasteiger partial charge on any atom is -0.354 e. The van der Waals surface area contributed by atoms with Gasteiger partial charge in [-0.15, -0.1) is 0 Å². The van der Waals surface area contributed by atoms with Gasteiger partial charge in [-0.05, 0) is 31.9 Å². The van der Waals surface area contributed by atoms with E-state index in [-0.39, 0.29) is 11.7 Å². The molecule has 0 saturated carbocycles. The van der Waals surface area contributed by atoms with E-state index in [2.05, 4.69) is 32.0 Å². The molecular formula is C21H24N4O2. The van der Waals surface area contributed by atoms with Gasteiger partial charge in [0.15, 0.2) is 5.78 Å². The number of nitrogens with one attached hydrogen (secondary N) is 2. The molecule has 2 aromatic heterocycles. The van der Waals surface area contributed by atoms with E-state index < -0.39 is 0 Å². The average molecular weight is 364 g/mol. The summed E-state index contributed by atoms with van der Waals surface area (Å²) in [6.07, 6.45) is 4.35. The molecule has 0 spiro atoms. The maximum Gasteiger partial charge on any atom is 0.268 e. The summed E-state index contributed by atoms with van der Waals surface area (Å²) in [6, 6.07) is 10.2. The van der Waals surface area contributed by atoms with Gasteiger partial charge in [-0.25, -0.2) is 4.98 Å². The molecule has 0 unspecified atom stereocenters. The number of ketones is 1. The van der Waals surface area contributed by atoms with E-state index in [1.54, 1.807) is 20.0 Å². The monoisotopic (exact) mass is 364 g/mol. The van der Waals surface area contributed by atoms with Crippen LogP contribution in [-0.4, -0.2) is 32.8 Å². The van der Waals surface area contributed by atoms with E-state index in [4.69, 9.17) is 0 Å². The molecule has 0 aliphatic carbocycles. The van der Waals surface area contributed by atoms with Gasteiger partial charge in [-0.2, -0.15) is 0 Å². The second kappa shape index (κ2) is 8.03. The average Bonchev–Trinajstić information content (AvgIpc) is 3.19. The van der Waals surface area contributed by atoms with Crippen LogP contribution in [0.4, 0.5) is 0 Å². The molecule has 2 heterocycles. The van der Waals surface area contributed by atoms with Crippen LogP contribution in [0, 0.1) is 13.8 Å². The molecule has 2 N–H and O–H groups in total. The third kappa shape index (κ3) is 4.16. The highest BCUT2D eigenvalue weighted by Gasteiger charge is 2.19. The van der Waals surface area contributed by atoms with E-state index in [0.717, 1.165) is 18.1 Å². The predicted molar refractivity (Wildman–Crippen MR) is 104 cm³/mol. The molecule has 3 aromatic rings. The Bertz CT molecular complexity index is 954. The van der Waals surface area contributed by atoms with E-state index in [1.807, 2.05) is 24.4 Å². The smallest absolute Gasteiger partial charge is 0.268 e. The fourth-order valence-corrected chi connectivity index (χ4v) is 3.37. The van der Waals surface area contributed by atoms with Crippen molar-refractivity contribution >= 4 is 11.7 Å². The fraction of sp³-hybridized carbons (Fsp3) is 0.286. The Morgan fingerprint density at radius 1 is 1.19 bits per heavy atom. The van der Waals surface area contributed by atoms with Crippen LogP contribution in [0.2, 0.25) is 0 Å². The third-order valence-corrected chi connectivity index (χ3v) is 4.65. The first-order chi connectivity index (χ1) is 13.0. The highest BCUT2D eigenvalue weighted by atomic mass is 16.2. The lowest BCUT2D eigenvalue weighted by molar-refractivity contribution is 0.0948. The van der Waals surface area contributed by atoms with Crippen LogP contribution < -0.4 is 5.32 Å². The number of amides is 1. The number of imidazole rings is 1. The maximum atomic E-state index is 12.5. The number of H-pyrrole nitrogens is 1. The van der Waals surface area contributed by atoms with Crippen molar-refractivity contribution in [1.29, 1.82) is 0 Å². The lowest BCUT2D eigenvalue weighted by atomic mass is 10.1. The van der Waals surface area contributed by atoms with Gasteiger partial charge in [0.25, 0.3) is 5.91 Å². The molecule has 6 nitrogen and oxygen atoms in total. The molecule has 1 aromatic carbocycles. The highest BCUT2D eigenvalue weighted by molar-refractivity contribution is 6.02. The van der Waals surface area contributed by atoms with E-state index >= 15 is 0 Å². The number of nitrogens with zero attached hydrogens (tertiary/aromatic N) is 2. The van der Waals surface area contributed by atoms with Crippen LogP contribution >= 0.6 is 0 Å². The molecular weight excluding hydrogens is 340 g/mol. The van der Waals surface area contributed by atoms with Crippen LogP contribution in [0.3, 0.4) is 0 Å². The summed E-state index contributed by atoms with van der Waals surface area (Å²) in [5, 5.41) is 2.91. The Hall–Kier alpha value is -3.15. The van der Waals surface area contributed by atoms with Crippen LogP contribution in [0.15, 0.2) is 42.7 Å². The Balaban J connectivity index is 1.61. The molecule has 6 heteroatoms. The molecule has 0 aliphatic rings. The van der Waals surface area contributed by atoms with Crippen molar-refractivity contribution in [3.8, 4) is 0 Å². The van der Waals surface area contributed by atoms with Crippen molar-refractivity contribution in [2.45, 2.75) is 33.7 Å². The first-order valence-corrected chi connectivity index (χ1v) is 8.99. The van der Waals surface area contributed by atoms with Crippen molar-refractivity contribution in [2.75, 3.05) is 6.54 Å². The van der Waals surface area contributed by atoms with E-state index in [1.165, 1.54) is 12.5 Å². The van der Waals surface area contributed by atoms with Gasteiger partial charge in [0.1, 0.15) is 11.5 Å². The second-order valence-corrected chi connectivity index (χ2v) is 6.64. The maximum absolute atomic E-state index is 12.5. The number of hydrogen-bond acceptors (Lipinski definition) is 3. The van der Waals surface area contributed by atoms with Crippen LogP contribution in [-0.2, 0) is 13.0 Å². The summed E-state index contributed by atoms with van der Waals surface area (Å²) in [5.74, 6) is 0.676. The molecule has 140 valence electrons. The topological polar surface area (TPSA) is 79.8 Å². The molecule has 0 saturated heterocycles. The standard InChI is InChI=1S/C21H24N4O2/c1-14-19(16(3)26)15(2)24-20(14)21(27)23-10-9-18-22-11-12-25(18)13-17-7-5-4-6-8-17/h4-8,11-12,24H,9-10,13H2,1-3H3,(H,23,27). The number of aromatic amines is 1. The van der Waals surface area contributed by atoms with Crippen molar-refractivity contribution in [2.24, 2.45) is 0 Å². The van der Waals surface area contributed by atoms with Gasteiger partial charge in [0.2, 0.25) is 0 Å². The number of hydrogen-bond donors (Lipinski definition) is 2. The van der Waals surface area contributed by atoms with Gasteiger partial charge in [-0.3, -0.25) is 9.59 Å². The van der Waals surface area contributed by atoms with E-state index in [9.17, 15) is 9.59 Å². The molecule has 27 heavy (non-hydrogen) atoms. The zero-order valence-electron chi connectivity index (χ0n) is 15.9. The normalized spacial score (nSPS) is 10.8. The van der Waals surface area contributed by atoms with Crippen molar-refractivity contribution in [1.82, 2.24) is 19.9 Å². The van der Waals surface area contributed by atoms with Gasteiger partial charge in [0, 0.05) is 43.2 Å². The van der Waals surface area contributed by atoms with Gasteiger partial charge >= 0.3 is 0 Å². The number of aryl methyl sites for hydroxylation is 1. The Morgan fingerprint density at radius 2 is 1.93 bits per heavy atom. The van der Waals surface area contributed by atoms with Crippen LogP contribution in [0.5, 0.6) is 0 Å². The Kier molecular flexibility index (Phi) is 5.54. The summed E-state index contributed by atoms with van der Waals surface area (Å²) in [7, 11) is 0.